The molecule has 0 amide bonds. The quantitative estimate of drug-likeness (QED) is 0.746. The fraction of sp³-hybridized carbons (Fsp3) is 0.571. The van der Waals surface area contributed by atoms with E-state index in [1.165, 1.54) is 31.2 Å². The van der Waals surface area contributed by atoms with E-state index in [-0.39, 0.29) is 0 Å². The Kier molecular flexibility index (Phi) is 3.49. The van der Waals surface area contributed by atoms with Crippen molar-refractivity contribution in [3.63, 3.8) is 0 Å². The summed E-state index contributed by atoms with van der Waals surface area (Å²) in [6.07, 6.45) is 5.48. The number of benzene rings is 1. The van der Waals surface area contributed by atoms with E-state index >= 15 is 0 Å². The van der Waals surface area contributed by atoms with Crippen LogP contribution in [-0.2, 0) is 6.54 Å². The summed E-state index contributed by atoms with van der Waals surface area (Å²) in [6.45, 7) is 4.34. The summed E-state index contributed by atoms with van der Waals surface area (Å²) in [5, 5.41) is 3.56. The molecular formula is C14H22N2. The van der Waals surface area contributed by atoms with E-state index in [1.54, 1.807) is 0 Å². The lowest BCUT2D eigenvalue weighted by molar-refractivity contribution is 0.124. The molecule has 2 nitrogen and oxygen atoms in total. The summed E-state index contributed by atoms with van der Waals surface area (Å²) in [5.41, 5.74) is 8.61. The van der Waals surface area contributed by atoms with E-state index in [0.29, 0.717) is 5.41 Å². The molecule has 0 spiro atoms. The predicted octanol–water partition coefficient (Wildman–Crippen LogP) is 2.94. The lowest BCUT2D eigenvalue weighted by atomic mass is 9.67. The number of hydrogen-bond acceptors (Lipinski definition) is 2. The Morgan fingerprint density at radius 3 is 2.62 bits per heavy atom. The molecule has 3 N–H and O–H groups in total. The van der Waals surface area contributed by atoms with Crippen LogP contribution in [-0.4, -0.2) is 6.54 Å². The van der Waals surface area contributed by atoms with Gasteiger partial charge in [-0.2, -0.15) is 0 Å². The van der Waals surface area contributed by atoms with Crippen molar-refractivity contribution in [2.45, 2.75) is 39.2 Å². The second kappa shape index (κ2) is 4.88. The maximum atomic E-state index is 5.91. The molecule has 1 aliphatic carbocycles. The number of rotatable bonds is 5. The Morgan fingerprint density at radius 1 is 1.31 bits per heavy atom. The van der Waals surface area contributed by atoms with Crippen LogP contribution in [0.5, 0.6) is 0 Å². The van der Waals surface area contributed by atoms with Gasteiger partial charge >= 0.3 is 0 Å². The van der Waals surface area contributed by atoms with Crippen LogP contribution < -0.4 is 11.1 Å². The van der Waals surface area contributed by atoms with Crippen molar-refractivity contribution in [1.82, 2.24) is 5.32 Å². The number of hydrogen-bond donors (Lipinski definition) is 2. The number of nitrogens with one attached hydrogen (secondary N) is 1. The Balaban J connectivity index is 1.82. The van der Waals surface area contributed by atoms with Gasteiger partial charge in [-0.3, -0.25) is 0 Å². The molecule has 0 bridgehead atoms. The van der Waals surface area contributed by atoms with Gasteiger partial charge in [0.05, 0.1) is 0 Å². The van der Waals surface area contributed by atoms with E-state index in [1.807, 2.05) is 18.2 Å². The highest BCUT2D eigenvalue weighted by molar-refractivity contribution is 5.46. The first-order chi connectivity index (χ1) is 7.76. The molecule has 0 saturated heterocycles. The fourth-order valence-electron chi connectivity index (χ4n) is 2.49. The number of nitrogen functional groups attached to an aromatic ring is 1. The van der Waals surface area contributed by atoms with Gasteiger partial charge in [-0.05, 0) is 36.3 Å². The third-order valence-electron chi connectivity index (χ3n) is 4.03. The molecule has 88 valence electrons. The highest BCUT2D eigenvalue weighted by atomic mass is 14.9. The van der Waals surface area contributed by atoms with E-state index < -0.39 is 0 Å². The van der Waals surface area contributed by atoms with E-state index in [9.17, 15) is 0 Å². The molecule has 0 atom stereocenters. The van der Waals surface area contributed by atoms with Crippen LogP contribution in [0, 0.1) is 5.41 Å². The average molecular weight is 218 g/mol. The highest BCUT2D eigenvalue weighted by Crippen LogP contribution is 2.43. The fourth-order valence-corrected chi connectivity index (χ4v) is 2.49. The van der Waals surface area contributed by atoms with E-state index in [4.69, 9.17) is 5.73 Å². The summed E-state index contributed by atoms with van der Waals surface area (Å²) in [4.78, 5) is 0. The zero-order valence-electron chi connectivity index (χ0n) is 10.1. The van der Waals surface area contributed by atoms with E-state index in [2.05, 4.69) is 18.3 Å². The van der Waals surface area contributed by atoms with Crippen LogP contribution in [0.4, 0.5) is 5.69 Å². The van der Waals surface area contributed by atoms with Crippen molar-refractivity contribution in [3.05, 3.63) is 29.8 Å². The van der Waals surface area contributed by atoms with Crippen molar-refractivity contribution >= 4 is 5.69 Å². The van der Waals surface area contributed by atoms with Gasteiger partial charge in [-0.15, -0.1) is 0 Å². The number of para-hydroxylation sites is 1. The van der Waals surface area contributed by atoms with Gasteiger partial charge in [0.15, 0.2) is 0 Å². The molecule has 2 heteroatoms. The largest absolute Gasteiger partial charge is 0.398 e. The van der Waals surface area contributed by atoms with Crippen LogP contribution in [0.3, 0.4) is 0 Å². The van der Waals surface area contributed by atoms with Crippen LogP contribution in [0.1, 0.15) is 38.2 Å². The van der Waals surface area contributed by atoms with Crippen molar-refractivity contribution < 1.29 is 0 Å². The minimum atomic E-state index is 0.587. The molecule has 1 aliphatic rings. The van der Waals surface area contributed by atoms with Gasteiger partial charge in [-0.25, -0.2) is 0 Å². The van der Waals surface area contributed by atoms with Crippen LogP contribution in [0.15, 0.2) is 24.3 Å². The standard InChI is InChI=1S/C14H22N2/c1-2-14(8-5-9-14)11-16-10-12-6-3-4-7-13(12)15/h3-4,6-7,16H,2,5,8-11,15H2,1H3. The van der Waals surface area contributed by atoms with Gasteiger partial charge in [-0.1, -0.05) is 31.5 Å². The van der Waals surface area contributed by atoms with Crippen molar-refractivity contribution in [2.24, 2.45) is 5.41 Å². The smallest absolute Gasteiger partial charge is 0.0359 e. The molecule has 1 fully saturated rings. The van der Waals surface area contributed by atoms with Crippen LogP contribution >= 0.6 is 0 Å². The molecule has 2 rings (SSSR count). The normalized spacial score (nSPS) is 18.1. The van der Waals surface area contributed by atoms with Crippen molar-refractivity contribution in [3.8, 4) is 0 Å². The molecule has 1 aromatic carbocycles. The SMILES string of the molecule is CCC1(CNCc2ccccc2N)CCC1. The molecule has 0 unspecified atom stereocenters. The van der Waals surface area contributed by atoms with Gasteiger partial charge < -0.3 is 11.1 Å². The summed E-state index contributed by atoms with van der Waals surface area (Å²) in [7, 11) is 0. The molecule has 1 saturated carbocycles. The lowest BCUT2D eigenvalue weighted by Gasteiger charge is -2.41. The monoisotopic (exact) mass is 218 g/mol. The predicted molar refractivity (Wildman–Crippen MR) is 69.1 cm³/mol. The third kappa shape index (κ3) is 2.38. The highest BCUT2D eigenvalue weighted by Gasteiger charge is 2.34. The molecule has 16 heavy (non-hydrogen) atoms. The molecule has 1 aromatic rings. The number of anilines is 1. The third-order valence-corrected chi connectivity index (χ3v) is 4.03. The molecule has 0 aliphatic heterocycles. The second-order valence-electron chi connectivity index (χ2n) is 5.01. The molecule has 0 aromatic heterocycles. The Morgan fingerprint density at radius 2 is 2.06 bits per heavy atom. The van der Waals surface area contributed by atoms with Crippen LogP contribution in [0.2, 0.25) is 0 Å². The van der Waals surface area contributed by atoms with Crippen molar-refractivity contribution in [1.29, 1.82) is 0 Å². The van der Waals surface area contributed by atoms with Gasteiger partial charge in [0.2, 0.25) is 0 Å². The Hall–Kier alpha value is -1.02. The summed E-state index contributed by atoms with van der Waals surface area (Å²) in [5.74, 6) is 0. The minimum Gasteiger partial charge on any atom is -0.398 e. The molecular weight excluding hydrogens is 196 g/mol. The summed E-state index contributed by atoms with van der Waals surface area (Å²) >= 11 is 0. The molecule has 0 heterocycles. The summed E-state index contributed by atoms with van der Waals surface area (Å²) < 4.78 is 0. The zero-order valence-corrected chi connectivity index (χ0v) is 10.1. The Bertz CT molecular complexity index is 337. The topological polar surface area (TPSA) is 38.0 Å². The Labute approximate surface area is 98.2 Å². The van der Waals surface area contributed by atoms with Gasteiger partial charge in [0.1, 0.15) is 0 Å². The van der Waals surface area contributed by atoms with Crippen molar-refractivity contribution in [2.75, 3.05) is 12.3 Å². The molecule has 0 radical (unpaired) electrons. The first-order valence-corrected chi connectivity index (χ1v) is 6.30. The zero-order chi connectivity index (χ0) is 11.4. The van der Waals surface area contributed by atoms with Crippen LogP contribution in [0.25, 0.3) is 0 Å². The van der Waals surface area contributed by atoms with Gasteiger partial charge in [0, 0.05) is 18.8 Å². The maximum absolute atomic E-state index is 5.91. The second-order valence-corrected chi connectivity index (χ2v) is 5.01. The number of nitrogens with two attached hydrogens (primary N) is 1. The van der Waals surface area contributed by atoms with Gasteiger partial charge in [0.25, 0.3) is 0 Å². The first-order valence-electron chi connectivity index (χ1n) is 6.30. The maximum Gasteiger partial charge on any atom is 0.0359 e. The summed E-state index contributed by atoms with van der Waals surface area (Å²) in [6, 6.07) is 8.10. The average Bonchev–Trinajstić information content (AvgIpc) is 2.25. The minimum absolute atomic E-state index is 0.587. The first kappa shape index (κ1) is 11.5. The van der Waals surface area contributed by atoms with E-state index in [0.717, 1.165) is 18.8 Å². The lowest BCUT2D eigenvalue weighted by Crippen LogP contribution is -2.39.